The van der Waals surface area contributed by atoms with E-state index in [9.17, 15) is 12.8 Å². The lowest BCUT2D eigenvalue weighted by molar-refractivity contribution is 0.0222. The number of hydrogen-bond acceptors (Lipinski definition) is 4. The number of sulfonamides is 1. The van der Waals surface area contributed by atoms with Crippen LogP contribution in [-0.4, -0.2) is 24.3 Å². The minimum atomic E-state index is -3.73. The zero-order valence-corrected chi connectivity index (χ0v) is 13.3. The highest BCUT2D eigenvalue weighted by Gasteiger charge is 2.52. The maximum atomic E-state index is 13.3. The molecule has 2 aromatic rings. The molecule has 1 saturated heterocycles. The number of aromatic nitrogens is 1. The van der Waals surface area contributed by atoms with Gasteiger partial charge in [-0.15, -0.1) is 11.3 Å². The van der Waals surface area contributed by atoms with Crippen molar-refractivity contribution in [1.82, 2.24) is 9.29 Å². The van der Waals surface area contributed by atoms with Crippen LogP contribution in [-0.2, 0) is 10.0 Å². The quantitative estimate of drug-likeness (QED) is 0.871. The number of hydrogen-bond donors (Lipinski definition) is 0. The number of halogens is 1. The van der Waals surface area contributed by atoms with Crippen LogP contribution < -0.4 is 0 Å². The second kappa shape index (κ2) is 4.86. The highest BCUT2D eigenvalue weighted by Crippen LogP contribution is 2.51. The first-order valence-corrected chi connectivity index (χ1v) is 8.80. The van der Waals surface area contributed by atoms with Gasteiger partial charge in [-0.05, 0) is 17.5 Å². The van der Waals surface area contributed by atoms with E-state index < -0.39 is 15.8 Å². The molecule has 3 heterocycles. The minimum absolute atomic E-state index is 0.0976. The van der Waals surface area contributed by atoms with E-state index in [0.29, 0.717) is 6.54 Å². The van der Waals surface area contributed by atoms with E-state index in [1.807, 2.05) is 31.4 Å². The Balaban J connectivity index is 2.00. The maximum Gasteiger partial charge on any atom is 0.245 e. The third-order valence-corrected chi connectivity index (χ3v) is 6.39. The molecule has 0 bridgehead atoms. The fourth-order valence-electron chi connectivity index (χ4n) is 2.72. The summed E-state index contributed by atoms with van der Waals surface area (Å²) in [6.45, 7) is 4.48. The maximum absolute atomic E-state index is 13.3. The van der Waals surface area contributed by atoms with Crippen LogP contribution in [0.15, 0.2) is 40.9 Å². The van der Waals surface area contributed by atoms with Crippen molar-refractivity contribution < 1.29 is 12.8 Å². The topological polar surface area (TPSA) is 50.3 Å². The summed E-state index contributed by atoms with van der Waals surface area (Å²) in [5.41, 5.74) is -0.140. The van der Waals surface area contributed by atoms with Crippen molar-refractivity contribution >= 4 is 21.4 Å². The number of thiophene rings is 1. The molecule has 4 nitrogen and oxygen atoms in total. The lowest BCUT2D eigenvalue weighted by Gasteiger charge is -2.52. The Morgan fingerprint density at radius 2 is 2.19 bits per heavy atom. The fourth-order valence-corrected chi connectivity index (χ4v) is 5.74. The first kappa shape index (κ1) is 14.6. The zero-order chi connectivity index (χ0) is 15.3. The fraction of sp³-hybridized carbons (Fsp3) is 0.357. The van der Waals surface area contributed by atoms with Crippen molar-refractivity contribution in [1.29, 1.82) is 0 Å². The molecule has 7 heteroatoms. The van der Waals surface area contributed by atoms with Crippen molar-refractivity contribution in [3.05, 3.63) is 46.7 Å². The van der Waals surface area contributed by atoms with Gasteiger partial charge in [-0.25, -0.2) is 12.8 Å². The molecule has 0 spiro atoms. The molecule has 0 aromatic carbocycles. The monoisotopic (exact) mass is 326 g/mol. The summed E-state index contributed by atoms with van der Waals surface area (Å²) in [6.07, 6.45) is 2.19. The number of nitrogens with zero attached hydrogens (tertiary/aromatic N) is 2. The molecule has 0 N–H and O–H groups in total. The van der Waals surface area contributed by atoms with Crippen molar-refractivity contribution in [3.8, 4) is 0 Å². The highest BCUT2D eigenvalue weighted by molar-refractivity contribution is 7.89. The Labute approximate surface area is 127 Å². The van der Waals surface area contributed by atoms with Crippen LogP contribution >= 0.6 is 11.3 Å². The molecule has 0 amide bonds. The van der Waals surface area contributed by atoms with Gasteiger partial charge in [0.25, 0.3) is 0 Å². The van der Waals surface area contributed by atoms with Gasteiger partial charge in [0.2, 0.25) is 10.0 Å². The van der Waals surface area contributed by atoms with Crippen molar-refractivity contribution in [2.75, 3.05) is 6.54 Å². The minimum Gasteiger partial charge on any atom is -0.260 e. The molecule has 0 saturated carbocycles. The molecule has 0 aliphatic carbocycles. The molecule has 2 aromatic heterocycles. The van der Waals surface area contributed by atoms with Gasteiger partial charge in [-0.3, -0.25) is 4.98 Å². The van der Waals surface area contributed by atoms with Gasteiger partial charge in [0.05, 0.1) is 12.2 Å². The van der Waals surface area contributed by atoms with Crippen LogP contribution in [0.5, 0.6) is 0 Å². The van der Waals surface area contributed by atoms with Gasteiger partial charge in [-0.1, -0.05) is 19.9 Å². The van der Waals surface area contributed by atoms with Crippen molar-refractivity contribution in [2.45, 2.75) is 24.8 Å². The molecule has 1 aliphatic rings. The number of pyridine rings is 1. The summed E-state index contributed by atoms with van der Waals surface area (Å²) in [7, 11) is -3.73. The van der Waals surface area contributed by atoms with E-state index in [-0.39, 0.29) is 16.4 Å². The van der Waals surface area contributed by atoms with E-state index in [4.69, 9.17) is 0 Å². The average molecular weight is 326 g/mol. The van der Waals surface area contributed by atoms with Gasteiger partial charge in [0.15, 0.2) is 0 Å². The summed E-state index contributed by atoms with van der Waals surface area (Å²) in [6, 6.07) is 4.63. The van der Waals surface area contributed by atoms with E-state index >= 15 is 0 Å². The Kier molecular flexibility index (Phi) is 3.38. The summed E-state index contributed by atoms with van der Waals surface area (Å²) < 4.78 is 40.1. The van der Waals surface area contributed by atoms with Crippen LogP contribution in [0.3, 0.4) is 0 Å². The molecular formula is C14H15FN2O2S2. The van der Waals surface area contributed by atoms with Crippen LogP contribution in [0.1, 0.15) is 24.8 Å². The van der Waals surface area contributed by atoms with Crippen LogP contribution in [0.2, 0.25) is 0 Å². The summed E-state index contributed by atoms with van der Waals surface area (Å²) in [4.78, 5) is 4.54. The molecule has 1 aliphatic heterocycles. The SMILES string of the molecule is CC1(C)CN(S(=O)(=O)c2cncc(F)c2)[C@@H]1c1cccs1. The molecule has 3 rings (SSSR count). The third kappa shape index (κ3) is 2.39. The van der Waals surface area contributed by atoms with Crippen LogP contribution in [0.4, 0.5) is 4.39 Å². The molecule has 0 unspecified atom stereocenters. The molecule has 1 fully saturated rings. The van der Waals surface area contributed by atoms with Crippen molar-refractivity contribution in [2.24, 2.45) is 5.41 Å². The van der Waals surface area contributed by atoms with E-state index in [2.05, 4.69) is 4.98 Å². The van der Waals surface area contributed by atoms with Gasteiger partial charge in [0, 0.05) is 23.0 Å². The second-order valence-electron chi connectivity index (χ2n) is 5.80. The molecule has 1 atom stereocenters. The average Bonchev–Trinajstić information content (AvgIpc) is 2.89. The van der Waals surface area contributed by atoms with E-state index in [0.717, 1.165) is 17.1 Å². The van der Waals surface area contributed by atoms with E-state index in [1.165, 1.54) is 21.8 Å². The first-order valence-electron chi connectivity index (χ1n) is 6.48. The predicted molar refractivity (Wildman–Crippen MR) is 78.9 cm³/mol. The molecule has 0 radical (unpaired) electrons. The lowest BCUT2D eigenvalue weighted by atomic mass is 9.76. The summed E-state index contributed by atoms with van der Waals surface area (Å²) >= 11 is 1.53. The van der Waals surface area contributed by atoms with Gasteiger partial charge in [-0.2, -0.15) is 4.31 Å². The lowest BCUT2D eigenvalue weighted by Crippen LogP contribution is -2.57. The standard InChI is InChI=1S/C14H15FN2O2S2/c1-14(2)9-17(13(14)12-4-3-5-20-12)21(18,19)11-6-10(15)7-16-8-11/h3-8,13H,9H2,1-2H3/t13-/m1/s1. The van der Waals surface area contributed by atoms with E-state index in [1.54, 1.807) is 0 Å². The number of rotatable bonds is 3. The summed E-state index contributed by atoms with van der Waals surface area (Å²) in [5, 5.41) is 1.93. The zero-order valence-electron chi connectivity index (χ0n) is 11.7. The van der Waals surface area contributed by atoms with Crippen LogP contribution in [0.25, 0.3) is 0 Å². The molecule has 112 valence electrons. The third-order valence-electron chi connectivity index (χ3n) is 3.69. The smallest absolute Gasteiger partial charge is 0.245 e. The van der Waals surface area contributed by atoms with Gasteiger partial charge < -0.3 is 0 Å². The summed E-state index contributed by atoms with van der Waals surface area (Å²) in [5.74, 6) is -0.650. The van der Waals surface area contributed by atoms with Crippen molar-refractivity contribution in [3.63, 3.8) is 0 Å². The first-order chi connectivity index (χ1) is 9.82. The molecule has 21 heavy (non-hydrogen) atoms. The Morgan fingerprint density at radius 3 is 2.76 bits per heavy atom. The molecular weight excluding hydrogens is 311 g/mol. The predicted octanol–water partition coefficient (Wildman–Crippen LogP) is 3.05. The Hall–Kier alpha value is -1.31. The van der Waals surface area contributed by atoms with Crippen LogP contribution in [0, 0.1) is 11.2 Å². The largest absolute Gasteiger partial charge is 0.260 e. The second-order valence-corrected chi connectivity index (χ2v) is 8.67. The highest BCUT2D eigenvalue weighted by atomic mass is 32.2. The van der Waals surface area contributed by atoms with Gasteiger partial charge >= 0.3 is 0 Å². The normalized spacial score (nSPS) is 22.0. The Bertz CT molecular complexity index is 757. The van der Waals surface area contributed by atoms with Gasteiger partial charge in [0.1, 0.15) is 10.7 Å². The Morgan fingerprint density at radius 1 is 1.43 bits per heavy atom.